The molecule has 160 valence electrons. The maximum absolute atomic E-state index is 12.0. The monoisotopic (exact) mass is 415 g/mol. The van der Waals surface area contributed by atoms with E-state index >= 15 is 0 Å². The summed E-state index contributed by atoms with van der Waals surface area (Å²) in [4.78, 5) is 21.4. The van der Waals surface area contributed by atoms with Gasteiger partial charge in [-0.25, -0.2) is 4.79 Å². The normalized spacial score (nSPS) is 15.2. The lowest BCUT2D eigenvalue weighted by molar-refractivity contribution is 0.0525. The third-order valence-electron chi connectivity index (χ3n) is 5.72. The highest BCUT2D eigenvalue weighted by Gasteiger charge is 2.26. The van der Waals surface area contributed by atoms with E-state index in [0.717, 1.165) is 38.4 Å². The third-order valence-corrected chi connectivity index (χ3v) is 5.72. The van der Waals surface area contributed by atoms with Crippen molar-refractivity contribution < 1.29 is 9.53 Å². The Balaban J connectivity index is 1.43. The highest BCUT2D eigenvalue weighted by molar-refractivity contribution is 5.89. The zero-order valence-corrected chi connectivity index (χ0v) is 18.0. The quantitative estimate of drug-likeness (QED) is 0.542. The maximum atomic E-state index is 12.0. The summed E-state index contributed by atoms with van der Waals surface area (Å²) in [5.74, 6) is -0.287. The van der Waals surface area contributed by atoms with Crippen LogP contribution >= 0.6 is 0 Å². The zero-order chi connectivity index (χ0) is 21.5. The molecule has 1 aromatic heterocycles. The molecular formula is C26H29N3O2. The number of ether oxygens (including phenoxy) is 1. The van der Waals surface area contributed by atoms with E-state index in [1.54, 1.807) is 12.3 Å². The van der Waals surface area contributed by atoms with Crippen LogP contribution in [0.25, 0.3) is 0 Å². The fourth-order valence-corrected chi connectivity index (χ4v) is 4.20. The standard InChI is InChI=1S/C26H29N3O2/c1-2-31-26(30)23-13-14-27-24(19-23)20-28-15-17-29(18-16-28)25(21-9-5-3-6-10-21)22-11-7-4-8-12-22/h3-14,19,25H,2,15-18,20H2,1H3. The van der Waals surface area contributed by atoms with Gasteiger partial charge in [-0.3, -0.25) is 14.8 Å². The molecule has 31 heavy (non-hydrogen) atoms. The van der Waals surface area contributed by atoms with Crippen LogP contribution in [0.1, 0.15) is 40.1 Å². The number of carbonyl (C=O) groups excluding carboxylic acids is 1. The molecule has 0 aliphatic carbocycles. The molecule has 2 heterocycles. The molecule has 0 saturated carbocycles. The first-order chi connectivity index (χ1) is 15.2. The maximum Gasteiger partial charge on any atom is 0.338 e. The molecule has 5 heteroatoms. The minimum absolute atomic E-state index is 0.259. The van der Waals surface area contributed by atoms with Gasteiger partial charge >= 0.3 is 5.97 Å². The van der Waals surface area contributed by atoms with Gasteiger partial charge in [-0.15, -0.1) is 0 Å². The lowest BCUT2D eigenvalue weighted by Crippen LogP contribution is -2.47. The average Bonchev–Trinajstić information content (AvgIpc) is 2.82. The number of hydrogen-bond acceptors (Lipinski definition) is 5. The Kier molecular flexibility index (Phi) is 7.07. The highest BCUT2D eigenvalue weighted by Crippen LogP contribution is 2.29. The second-order valence-electron chi connectivity index (χ2n) is 7.79. The number of pyridine rings is 1. The molecule has 1 saturated heterocycles. The van der Waals surface area contributed by atoms with E-state index in [4.69, 9.17) is 4.74 Å². The molecule has 2 aromatic carbocycles. The second-order valence-corrected chi connectivity index (χ2v) is 7.79. The van der Waals surface area contributed by atoms with E-state index in [9.17, 15) is 4.79 Å². The number of nitrogens with zero attached hydrogens (tertiary/aromatic N) is 3. The summed E-state index contributed by atoms with van der Waals surface area (Å²) in [7, 11) is 0. The molecule has 1 aliphatic heterocycles. The SMILES string of the molecule is CCOC(=O)c1ccnc(CN2CCN(C(c3ccccc3)c3ccccc3)CC2)c1. The van der Waals surface area contributed by atoms with E-state index in [-0.39, 0.29) is 12.0 Å². The van der Waals surface area contributed by atoms with Crippen molar-refractivity contribution in [1.29, 1.82) is 0 Å². The Morgan fingerprint density at radius 2 is 1.55 bits per heavy atom. The highest BCUT2D eigenvalue weighted by atomic mass is 16.5. The Bertz CT molecular complexity index is 931. The van der Waals surface area contributed by atoms with E-state index in [0.29, 0.717) is 12.2 Å². The first-order valence-electron chi connectivity index (χ1n) is 10.9. The summed E-state index contributed by atoms with van der Waals surface area (Å²) < 4.78 is 5.11. The summed E-state index contributed by atoms with van der Waals surface area (Å²) in [6.45, 7) is 6.81. The fourth-order valence-electron chi connectivity index (χ4n) is 4.20. The van der Waals surface area contributed by atoms with Crippen LogP contribution in [0.15, 0.2) is 79.0 Å². The van der Waals surface area contributed by atoms with Crippen molar-refractivity contribution in [3.8, 4) is 0 Å². The van der Waals surface area contributed by atoms with Gasteiger partial charge < -0.3 is 4.74 Å². The van der Waals surface area contributed by atoms with Crippen LogP contribution in [0.5, 0.6) is 0 Å². The molecule has 3 aromatic rings. The summed E-state index contributed by atoms with van der Waals surface area (Å²) in [6, 6.07) is 25.3. The van der Waals surface area contributed by atoms with Gasteiger partial charge in [-0.2, -0.15) is 0 Å². The van der Waals surface area contributed by atoms with Crippen LogP contribution < -0.4 is 0 Å². The van der Waals surface area contributed by atoms with Gasteiger partial charge in [0.1, 0.15) is 0 Å². The van der Waals surface area contributed by atoms with Crippen molar-refractivity contribution in [3.63, 3.8) is 0 Å². The van der Waals surface area contributed by atoms with Gasteiger partial charge in [0, 0.05) is 38.9 Å². The van der Waals surface area contributed by atoms with Crippen LogP contribution in [0.3, 0.4) is 0 Å². The summed E-state index contributed by atoms with van der Waals surface area (Å²) in [5.41, 5.74) is 4.12. The third kappa shape index (κ3) is 5.37. The van der Waals surface area contributed by atoms with Gasteiger partial charge in [0.25, 0.3) is 0 Å². The van der Waals surface area contributed by atoms with Gasteiger partial charge in [0.15, 0.2) is 0 Å². The Morgan fingerprint density at radius 3 is 2.13 bits per heavy atom. The summed E-state index contributed by atoms with van der Waals surface area (Å²) in [5, 5.41) is 0. The fraction of sp³-hybridized carbons (Fsp3) is 0.308. The van der Waals surface area contributed by atoms with Crippen LogP contribution in [-0.2, 0) is 11.3 Å². The molecular weight excluding hydrogens is 386 g/mol. The van der Waals surface area contributed by atoms with Gasteiger partial charge in [-0.1, -0.05) is 60.7 Å². The predicted octanol–water partition coefficient (Wildman–Crippen LogP) is 4.17. The zero-order valence-electron chi connectivity index (χ0n) is 18.0. The molecule has 0 radical (unpaired) electrons. The van der Waals surface area contributed by atoms with E-state index < -0.39 is 0 Å². The molecule has 5 nitrogen and oxygen atoms in total. The molecule has 1 aliphatic rings. The first-order valence-corrected chi connectivity index (χ1v) is 10.9. The molecule has 1 fully saturated rings. The van der Waals surface area contributed by atoms with E-state index in [1.807, 2.05) is 13.0 Å². The molecule has 4 rings (SSSR count). The van der Waals surface area contributed by atoms with Crippen molar-refractivity contribution in [2.24, 2.45) is 0 Å². The molecule has 0 atom stereocenters. The molecule has 0 spiro atoms. The predicted molar refractivity (Wildman–Crippen MR) is 122 cm³/mol. The average molecular weight is 416 g/mol. The van der Waals surface area contributed by atoms with Gasteiger partial charge in [0.05, 0.1) is 23.9 Å². The van der Waals surface area contributed by atoms with E-state index in [1.165, 1.54) is 11.1 Å². The largest absolute Gasteiger partial charge is 0.462 e. The van der Waals surface area contributed by atoms with Crippen LogP contribution in [0.2, 0.25) is 0 Å². The summed E-state index contributed by atoms with van der Waals surface area (Å²) in [6.07, 6.45) is 1.69. The van der Waals surface area contributed by atoms with Crippen LogP contribution in [0.4, 0.5) is 0 Å². The van der Waals surface area contributed by atoms with Crippen LogP contribution in [-0.4, -0.2) is 53.5 Å². The topological polar surface area (TPSA) is 45.7 Å². The van der Waals surface area contributed by atoms with Crippen LogP contribution in [0, 0.1) is 0 Å². The first kappa shape index (κ1) is 21.2. The second kappa shape index (κ2) is 10.3. The minimum Gasteiger partial charge on any atom is -0.462 e. The molecule has 0 bridgehead atoms. The lowest BCUT2D eigenvalue weighted by Gasteiger charge is -2.39. The molecule has 0 N–H and O–H groups in total. The van der Waals surface area contributed by atoms with Crippen molar-refractivity contribution in [3.05, 3.63) is 101 Å². The lowest BCUT2D eigenvalue weighted by atomic mass is 9.96. The van der Waals surface area contributed by atoms with Crippen molar-refractivity contribution in [1.82, 2.24) is 14.8 Å². The van der Waals surface area contributed by atoms with E-state index in [2.05, 4.69) is 75.4 Å². The van der Waals surface area contributed by atoms with Crippen molar-refractivity contribution in [2.45, 2.75) is 19.5 Å². The van der Waals surface area contributed by atoms with Crippen molar-refractivity contribution >= 4 is 5.97 Å². The number of esters is 1. The Labute approximate surface area is 184 Å². The number of benzene rings is 2. The number of hydrogen-bond donors (Lipinski definition) is 0. The number of aromatic nitrogens is 1. The smallest absolute Gasteiger partial charge is 0.338 e. The Hall–Kier alpha value is -3.02. The Morgan fingerprint density at radius 1 is 0.935 bits per heavy atom. The molecule has 0 unspecified atom stereocenters. The molecule has 0 amide bonds. The summed E-state index contributed by atoms with van der Waals surface area (Å²) >= 11 is 0. The van der Waals surface area contributed by atoms with Gasteiger partial charge in [-0.05, 0) is 30.2 Å². The number of rotatable bonds is 7. The van der Waals surface area contributed by atoms with Gasteiger partial charge in [0.2, 0.25) is 0 Å². The number of piperazine rings is 1. The van der Waals surface area contributed by atoms with Crippen molar-refractivity contribution in [2.75, 3.05) is 32.8 Å². The number of carbonyl (C=O) groups is 1. The minimum atomic E-state index is -0.287.